The third-order valence-corrected chi connectivity index (χ3v) is 2.47. The van der Waals surface area contributed by atoms with Crippen molar-refractivity contribution in [1.29, 1.82) is 10.5 Å². The highest BCUT2D eigenvalue weighted by molar-refractivity contribution is 8.13. The lowest BCUT2D eigenvalue weighted by Crippen LogP contribution is -2.17. The highest BCUT2D eigenvalue weighted by Crippen LogP contribution is 2.33. The lowest BCUT2D eigenvalue weighted by Gasteiger charge is -2.11. The van der Waals surface area contributed by atoms with Crippen LogP contribution in [0.3, 0.4) is 0 Å². The van der Waals surface area contributed by atoms with Gasteiger partial charge in [0.05, 0.1) is 11.6 Å². The zero-order valence-corrected chi connectivity index (χ0v) is 10.8. The van der Waals surface area contributed by atoms with Gasteiger partial charge in [-0.3, -0.25) is 5.32 Å². The molecule has 104 valence electrons. The molecule has 0 aliphatic heterocycles. The number of thioether (sulfide) groups is 1. The summed E-state index contributed by atoms with van der Waals surface area (Å²) in [6.45, 7) is 0. The molecule has 0 amide bonds. The molecule has 0 atom stereocenters. The minimum atomic E-state index is -4.90. The summed E-state index contributed by atoms with van der Waals surface area (Å²) < 4.78 is 40.7. The van der Waals surface area contributed by atoms with Crippen LogP contribution >= 0.6 is 11.8 Å². The number of benzene rings is 1. The van der Waals surface area contributed by atoms with Crippen LogP contribution in [-0.4, -0.2) is 17.8 Å². The maximum Gasteiger partial charge on any atom is 0.573 e. The molecule has 0 unspecified atom stereocenters. The van der Waals surface area contributed by atoms with Gasteiger partial charge in [0.25, 0.3) is 0 Å². The average molecular weight is 300 g/mol. The van der Waals surface area contributed by atoms with Gasteiger partial charge in [0.1, 0.15) is 5.69 Å². The number of ether oxygens (including phenoxy) is 1. The Hall–Kier alpha value is -2.39. The molecule has 0 heterocycles. The standard InChI is InChI=1S/C11H7F3N4OS/c1-20-10(17-6-16)18-8-3-2-7(5-15)4-9(8)19-11(12,13)14/h2-4H,1H3,(H,17,18). The Labute approximate surface area is 116 Å². The van der Waals surface area contributed by atoms with Crippen LogP contribution in [0.5, 0.6) is 5.75 Å². The molecule has 1 aromatic rings. The van der Waals surface area contributed by atoms with Crippen molar-refractivity contribution in [2.45, 2.75) is 6.36 Å². The van der Waals surface area contributed by atoms with E-state index in [1.54, 1.807) is 18.5 Å². The normalized spacial score (nSPS) is 11.4. The first-order valence-corrected chi connectivity index (χ1v) is 6.19. The van der Waals surface area contributed by atoms with Gasteiger partial charge in [-0.05, 0) is 18.4 Å². The third-order valence-electron chi connectivity index (χ3n) is 1.89. The van der Waals surface area contributed by atoms with Crippen LogP contribution in [0.1, 0.15) is 5.56 Å². The monoisotopic (exact) mass is 300 g/mol. The lowest BCUT2D eigenvalue weighted by atomic mass is 10.2. The number of aliphatic imine (C=N–C) groups is 1. The number of hydrogen-bond donors (Lipinski definition) is 1. The summed E-state index contributed by atoms with van der Waals surface area (Å²) in [4.78, 5) is 3.84. The predicted octanol–water partition coefficient (Wildman–Crippen LogP) is 2.88. The van der Waals surface area contributed by atoms with E-state index in [1.807, 2.05) is 0 Å². The van der Waals surface area contributed by atoms with E-state index in [-0.39, 0.29) is 16.4 Å². The molecule has 0 bridgehead atoms. The molecule has 0 fully saturated rings. The minimum absolute atomic E-state index is 0.00199. The smallest absolute Gasteiger partial charge is 0.403 e. The lowest BCUT2D eigenvalue weighted by molar-refractivity contribution is -0.274. The van der Waals surface area contributed by atoms with Gasteiger partial charge < -0.3 is 4.74 Å². The summed E-state index contributed by atoms with van der Waals surface area (Å²) in [5.41, 5.74) is -0.143. The van der Waals surface area contributed by atoms with Crippen molar-refractivity contribution in [3.05, 3.63) is 23.8 Å². The summed E-state index contributed by atoms with van der Waals surface area (Å²) in [6, 6.07) is 5.13. The van der Waals surface area contributed by atoms with Crippen LogP contribution in [-0.2, 0) is 0 Å². The number of nitrogens with zero attached hydrogens (tertiary/aromatic N) is 3. The first-order chi connectivity index (χ1) is 9.39. The molecule has 1 N–H and O–H groups in total. The Balaban J connectivity index is 3.25. The summed E-state index contributed by atoms with van der Waals surface area (Å²) in [6.07, 6.45) is -1.70. The Bertz CT molecular complexity index is 601. The van der Waals surface area contributed by atoms with E-state index in [9.17, 15) is 13.2 Å². The molecule has 0 saturated carbocycles. The number of halogens is 3. The van der Waals surface area contributed by atoms with Crippen molar-refractivity contribution in [2.24, 2.45) is 4.99 Å². The van der Waals surface area contributed by atoms with Crippen LogP contribution in [0.4, 0.5) is 18.9 Å². The van der Waals surface area contributed by atoms with Gasteiger partial charge >= 0.3 is 6.36 Å². The van der Waals surface area contributed by atoms with Gasteiger partial charge in [0.15, 0.2) is 17.1 Å². The fraction of sp³-hybridized carbons (Fsp3) is 0.182. The maximum absolute atomic E-state index is 12.3. The molecule has 0 saturated heterocycles. The zero-order chi connectivity index (χ0) is 15.2. The first kappa shape index (κ1) is 15.7. The fourth-order valence-electron chi connectivity index (χ4n) is 1.16. The molecule has 1 rings (SSSR count). The van der Waals surface area contributed by atoms with Gasteiger partial charge in [-0.25, -0.2) is 4.99 Å². The van der Waals surface area contributed by atoms with E-state index < -0.39 is 12.1 Å². The van der Waals surface area contributed by atoms with Gasteiger partial charge in [-0.1, -0.05) is 11.8 Å². The molecule has 1 aromatic carbocycles. The molecule has 20 heavy (non-hydrogen) atoms. The van der Waals surface area contributed by atoms with Crippen LogP contribution in [0.25, 0.3) is 0 Å². The topological polar surface area (TPSA) is 81.2 Å². The number of hydrogen-bond acceptors (Lipinski definition) is 5. The number of nitriles is 2. The van der Waals surface area contributed by atoms with Crippen molar-refractivity contribution in [3.8, 4) is 18.0 Å². The fourth-order valence-corrected chi connectivity index (χ4v) is 1.50. The van der Waals surface area contributed by atoms with Gasteiger partial charge in [0, 0.05) is 6.07 Å². The van der Waals surface area contributed by atoms with E-state index >= 15 is 0 Å². The summed E-state index contributed by atoms with van der Waals surface area (Å²) >= 11 is 1.04. The second-order valence-corrected chi connectivity index (χ2v) is 3.99. The SMILES string of the molecule is CSC(=Nc1ccc(C#N)cc1OC(F)(F)F)NC#N. The molecule has 9 heteroatoms. The molecule has 5 nitrogen and oxygen atoms in total. The number of rotatable bonds is 2. The quantitative estimate of drug-likeness (QED) is 0.393. The zero-order valence-electron chi connectivity index (χ0n) is 10.0. The minimum Gasteiger partial charge on any atom is -0.403 e. The molecule has 0 spiro atoms. The van der Waals surface area contributed by atoms with E-state index in [0.29, 0.717) is 0 Å². The van der Waals surface area contributed by atoms with Gasteiger partial charge in [-0.2, -0.15) is 10.5 Å². The number of amidine groups is 1. The van der Waals surface area contributed by atoms with E-state index in [4.69, 9.17) is 10.5 Å². The summed E-state index contributed by atoms with van der Waals surface area (Å²) in [5, 5.41) is 19.5. The number of alkyl halides is 3. The highest BCUT2D eigenvalue weighted by atomic mass is 32.2. The second kappa shape index (κ2) is 6.68. The number of nitrogens with one attached hydrogen (secondary N) is 1. The van der Waals surface area contributed by atoms with Gasteiger partial charge in [0.2, 0.25) is 0 Å². The van der Waals surface area contributed by atoms with E-state index in [1.165, 1.54) is 12.1 Å². The van der Waals surface area contributed by atoms with Crippen LogP contribution in [0.15, 0.2) is 23.2 Å². The van der Waals surface area contributed by atoms with E-state index in [2.05, 4.69) is 15.0 Å². The van der Waals surface area contributed by atoms with Crippen molar-refractivity contribution in [3.63, 3.8) is 0 Å². The highest BCUT2D eigenvalue weighted by Gasteiger charge is 2.32. The first-order valence-electron chi connectivity index (χ1n) is 4.97. The van der Waals surface area contributed by atoms with Crippen LogP contribution < -0.4 is 10.1 Å². The third kappa shape index (κ3) is 4.71. The summed E-state index contributed by atoms with van der Waals surface area (Å²) in [7, 11) is 0. The molecule has 0 aliphatic rings. The van der Waals surface area contributed by atoms with Gasteiger partial charge in [-0.15, -0.1) is 13.2 Å². The second-order valence-electron chi connectivity index (χ2n) is 3.20. The maximum atomic E-state index is 12.3. The van der Waals surface area contributed by atoms with Crippen molar-refractivity contribution in [1.82, 2.24) is 5.32 Å². The largest absolute Gasteiger partial charge is 0.573 e. The molecule has 0 aliphatic carbocycles. The summed E-state index contributed by atoms with van der Waals surface area (Å²) in [5.74, 6) is -0.608. The van der Waals surface area contributed by atoms with Crippen molar-refractivity contribution >= 4 is 22.6 Å². The average Bonchev–Trinajstić information content (AvgIpc) is 2.38. The Morgan fingerprint density at radius 1 is 1.40 bits per heavy atom. The van der Waals surface area contributed by atoms with Crippen molar-refractivity contribution in [2.75, 3.05) is 6.26 Å². The molecular formula is C11H7F3N4OS. The molecular weight excluding hydrogens is 293 g/mol. The predicted molar refractivity (Wildman–Crippen MR) is 67.2 cm³/mol. The molecule has 0 radical (unpaired) electrons. The Morgan fingerprint density at radius 3 is 2.60 bits per heavy atom. The van der Waals surface area contributed by atoms with Crippen molar-refractivity contribution < 1.29 is 17.9 Å². The van der Waals surface area contributed by atoms with E-state index in [0.717, 1.165) is 17.8 Å². The Morgan fingerprint density at radius 2 is 2.10 bits per heavy atom. The van der Waals surface area contributed by atoms with Crippen LogP contribution in [0.2, 0.25) is 0 Å². The molecule has 0 aromatic heterocycles. The Kier molecular flexibility index (Phi) is 5.23. The van der Waals surface area contributed by atoms with Crippen LogP contribution in [0, 0.1) is 22.8 Å².